The van der Waals surface area contributed by atoms with E-state index in [2.05, 4.69) is 24.5 Å². The molecule has 1 fully saturated rings. The summed E-state index contributed by atoms with van der Waals surface area (Å²) in [5.41, 5.74) is 0. The van der Waals surface area contributed by atoms with E-state index in [1.54, 1.807) is 0 Å². The van der Waals surface area contributed by atoms with E-state index in [0.29, 0.717) is 6.04 Å². The Morgan fingerprint density at radius 1 is 1.83 bits per heavy atom. The number of hydrogen-bond acceptors (Lipinski definition) is 2. The zero-order chi connectivity index (χ0) is 4.57. The Morgan fingerprint density at radius 2 is 2.33 bits per heavy atom. The molecule has 1 N–H and O–H groups in total. The van der Waals surface area contributed by atoms with Crippen molar-refractivity contribution in [1.82, 2.24) is 4.72 Å². The fourth-order valence-corrected chi connectivity index (χ4v) is 0.862. The van der Waals surface area contributed by atoms with Gasteiger partial charge < -0.3 is 0 Å². The summed E-state index contributed by atoms with van der Waals surface area (Å²) in [4.78, 5) is 0. The van der Waals surface area contributed by atoms with Gasteiger partial charge in [-0.2, -0.15) is 0 Å². The fourth-order valence-electron chi connectivity index (χ4n) is 0.502. The van der Waals surface area contributed by atoms with Crippen LogP contribution in [0.15, 0.2) is 0 Å². The third kappa shape index (κ3) is 0.684. The molecule has 0 aromatic heterocycles. The Labute approximate surface area is 43.7 Å². The van der Waals surface area contributed by atoms with E-state index in [1.165, 1.54) is 6.42 Å². The standard InChI is InChI=1S/C4H9NS/c1-3-2-4(3)5-6/h3-6H,2H2,1H3. The van der Waals surface area contributed by atoms with Gasteiger partial charge >= 0.3 is 0 Å². The smallest absolute Gasteiger partial charge is 0.0198 e. The molecule has 1 aliphatic rings. The molecule has 0 spiro atoms. The first-order valence-electron chi connectivity index (χ1n) is 2.24. The van der Waals surface area contributed by atoms with Gasteiger partial charge in [-0.25, -0.2) is 0 Å². The van der Waals surface area contributed by atoms with E-state index in [1.807, 2.05) is 0 Å². The van der Waals surface area contributed by atoms with Crippen LogP contribution in [-0.4, -0.2) is 6.04 Å². The Morgan fingerprint density at radius 3 is 2.33 bits per heavy atom. The second-order valence-electron chi connectivity index (χ2n) is 1.95. The van der Waals surface area contributed by atoms with Gasteiger partial charge in [0.2, 0.25) is 0 Å². The maximum atomic E-state index is 3.89. The van der Waals surface area contributed by atoms with Crippen molar-refractivity contribution in [3.05, 3.63) is 0 Å². The van der Waals surface area contributed by atoms with Gasteiger partial charge in [0, 0.05) is 6.04 Å². The van der Waals surface area contributed by atoms with Crippen LogP contribution >= 0.6 is 12.8 Å². The van der Waals surface area contributed by atoms with Gasteiger partial charge in [-0.15, -0.1) is 0 Å². The molecule has 0 bridgehead atoms. The Hall–Kier alpha value is 0.310. The molecule has 2 heteroatoms. The Bertz CT molecular complexity index is 53.5. The maximum absolute atomic E-state index is 3.89. The second kappa shape index (κ2) is 1.43. The van der Waals surface area contributed by atoms with Gasteiger partial charge in [-0.05, 0) is 12.3 Å². The Kier molecular flexibility index (Phi) is 1.06. The molecule has 0 heterocycles. The molecule has 1 nitrogen and oxygen atoms in total. The van der Waals surface area contributed by atoms with Crippen LogP contribution in [0.25, 0.3) is 0 Å². The molecule has 6 heavy (non-hydrogen) atoms. The molecule has 36 valence electrons. The molecule has 2 unspecified atom stereocenters. The summed E-state index contributed by atoms with van der Waals surface area (Å²) in [7, 11) is 0. The number of thiol groups is 1. The van der Waals surface area contributed by atoms with Crippen LogP contribution in [0, 0.1) is 5.92 Å². The molecule has 0 aliphatic heterocycles. The first-order valence-corrected chi connectivity index (χ1v) is 2.69. The molecule has 0 radical (unpaired) electrons. The van der Waals surface area contributed by atoms with Crippen molar-refractivity contribution < 1.29 is 0 Å². The quantitative estimate of drug-likeness (QED) is 0.468. The zero-order valence-corrected chi connectivity index (χ0v) is 4.70. The molecular formula is C4H9NS. The van der Waals surface area contributed by atoms with E-state index < -0.39 is 0 Å². The summed E-state index contributed by atoms with van der Waals surface area (Å²) >= 11 is 3.89. The first kappa shape index (κ1) is 4.47. The van der Waals surface area contributed by atoms with E-state index in [0.717, 1.165) is 5.92 Å². The second-order valence-corrected chi connectivity index (χ2v) is 2.21. The molecule has 0 amide bonds. The number of hydrogen-bond donors (Lipinski definition) is 2. The molecule has 0 saturated heterocycles. The third-order valence-corrected chi connectivity index (χ3v) is 1.61. The van der Waals surface area contributed by atoms with Crippen molar-refractivity contribution in [1.29, 1.82) is 0 Å². The van der Waals surface area contributed by atoms with Crippen molar-refractivity contribution in [2.45, 2.75) is 19.4 Å². The van der Waals surface area contributed by atoms with Crippen molar-refractivity contribution >= 4 is 12.8 Å². The van der Waals surface area contributed by atoms with Gasteiger partial charge in [0.25, 0.3) is 0 Å². The minimum atomic E-state index is 0.716. The molecule has 1 rings (SSSR count). The average Bonchev–Trinajstić information content (AvgIpc) is 2.19. The van der Waals surface area contributed by atoms with Gasteiger partial charge in [0.05, 0.1) is 0 Å². The Balaban J connectivity index is 2.09. The first-order chi connectivity index (χ1) is 2.84. The lowest BCUT2D eigenvalue weighted by Gasteiger charge is -1.83. The third-order valence-electron chi connectivity index (χ3n) is 1.28. The van der Waals surface area contributed by atoms with Crippen molar-refractivity contribution in [3.8, 4) is 0 Å². The highest BCUT2D eigenvalue weighted by molar-refractivity contribution is 7.78. The summed E-state index contributed by atoms with van der Waals surface area (Å²) in [6.45, 7) is 2.22. The topological polar surface area (TPSA) is 12.0 Å². The van der Waals surface area contributed by atoms with Crippen LogP contribution in [0.4, 0.5) is 0 Å². The normalized spacial score (nSPS) is 43.0. The molecule has 1 aliphatic carbocycles. The van der Waals surface area contributed by atoms with Crippen molar-refractivity contribution in [3.63, 3.8) is 0 Å². The minimum Gasteiger partial charge on any atom is -0.263 e. The molecule has 0 aromatic rings. The molecule has 1 saturated carbocycles. The van der Waals surface area contributed by atoms with Crippen LogP contribution in [0.5, 0.6) is 0 Å². The molecule has 2 atom stereocenters. The zero-order valence-electron chi connectivity index (χ0n) is 3.81. The van der Waals surface area contributed by atoms with Crippen LogP contribution < -0.4 is 4.72 Å². The monoisotopic (exact) mass is 103 g/mol. The lowest BCUT2D eigenvalue weighted by Crippen LogP contribution is -2.01. The van der Waals surface area contributed by atoms with Gasteiger partial charge in [-0.3, -0.25) is 4.72 Å². The van der Waals surface area contributed by atoms with E-state index in [-0.39, 0.29) is 0 Å². The minimum absolute atomic E-state index is 0.716. The van der Waals surface area contributed by atoms with Crippen molar-refractivity contribution in [2.75, 3.05) is 0 Å². The summed E-state index contributed by atoms with van der Waals surface area (Å²) in [5, 5.41) is 0. The van der Waals surface area contributed by atoms with Crippen LogP contribution in [0.2, 0.25) is 0 Å². The summed E-state index contributed by atoms with van der Waals surface area (Å²) in [5.74, 6) is 0.877. The van der Waals surface area contributed by atoms with E-state index >= 15 is 0 Å². The largest absolute Gasteiger partial charge is 0.263 e. The van der Waals surface area contributed by atoms with E-state index in [4.69, 9.17) is 0 Å². The SMILES string of the molecule is CC1CC1NS. The van der Waals surface area contributed by atoms with Crippen LogP contribution in [0.3, 0.4) is 0 Å². The fraction of sp³-hybridized carbons (Fsp3) is 1.00. The lowest BCUT2D eigenvalue weighted by molar-refractivity contribution is 0.853. The number of rotatable bonds is 1. The lowest BCUT2D eigenvalue weighted by atomic mass is 10.5. The van der Waals surface area contributed by atoms with Gasteiger partial charge in [0.1, 0.15) is 0 Å². The molecular weight excluding hydrogens is 94.1 g/mol. The van der Waals surface area contributed by atoms with Crippen LogP contribution in [0.1, 0.15) is 13.3 Å². The van der Waals surface area contributed by atoms with Crippen LogP contribution in [-0.2, 0) is 0 Å². The predicted molar refractivity (Wildman–Crippen MR) is 29.7 cm³/mol. The predicted octanol–water partition coefficient (Wildman–Crippen LogP) is 0.829. The number of nitrogens with one attached hydrogen (secondary N) is 1. The molecule has 0 aromatic carbocycles. The van der Waals surface area contributed by atoms with Gasteiger partial charge in [0.15, 0.2) is 0 Å². The average molecular weight is 103 g/mol. The van der Waals surface area contributed by atoms with Crippen molar-refractivity contribution in [2.24, 2.45) is 5.92 Å². The summed E-state index contributed by atoms with van der Waals surface area (Å²) < 4.78 is 2.88. The van der Waals surface area contributed by atoms with Gasteiger partial charge in [-0.1, -0.05) is 19.7 Å². The summed E-state index contributed by atoms with van der Waals surface area (Å²) in [6.07, 6.45) is 1.31. The van der Waals surface area contributed by atoms with E-state index in [9.17, 15) is 0 Å². The maximum Gasteiger partial charge on any atom is 0.0198 e. The highest BCUT2D eigenvalue weighted by Crippen LogP contribution is 2.28. The highest BCUT2D eigenvalue weighted by Gasteiger charge is 2.30. The highest BCUT2D eigenvalue weighted by atomic mass is 32.1. The summed E-state index contributed by atoms with van der Waals surface area (Å²) in [6, 6.07) is 0.716.